The average molecular weight is 291 g/mol. The van der Waals surface area contributed by atoms with Crippen LogP contribution in [0.2, 0.25) is 0 Å². The first-order valence-corrected chi connectivity index (χ1v) is 8.17. The first-order chi connectivity index (χ1) is 10.3. The Morgan fingerprint density at radius 2 is 2.33 bits per heavy atom. The van der Waals surface area contributed by atoms with Crippen molar-refractivity contribution in [1.29, 1.82) is 0 Å². The molecule has 3 heteroatoms. The molecule has 21 heavy (non-hydrogen) atoms. The number of ether oxygens (including phenoxy) is 2. The smallest absolute Gasteiger partial charge is 0.0587 e. The maximum atomic E-state index is 5.77. The molecule has 3 nitrogen and oxygen atoms in total. The molecular formula is C18H29NO2. The molecule has 0 saturated carbocycles. The quantitative estimate of drug-likeness (QED) is 0.708. The van der Waals surface area contributed by atoms with Gasteiger partial charge in [0.15, 0.2) is 0 Å². The van der Waals surface area contributed by atoms with Crippen LogP contribution in [-0.4, -0.2) is 39.5 Å². The van der Waals surface area contributed by atoms with E-state index < -0.39 is 0 Å². The fraction of sp³-hybridized carbons (Fsp3) is 0.667. The van der Waals surface area contributed by atoms with Crippen LogP contribution in [-0.2, 0) is 9.47 Å². The summed E-state index contributed by atoms with van der Waals surface area (Å²) in [6.07, 6.45) is 5.30. The number of nitrogens with one attached hydrogen (secondary N) is 1. The molecule has 1 aliphatic heterocycles. The van der Waals surface area contributed by atoms with Gasteiger partial charge in [-0.1, -0.05) is 29.8 Å². The van der Waals surface area contributed by atoms with Crippen LogP contribution >= 0.6 is 0 Å². The maximum absolute atomic E-state index is 5.77. The standard InChI is InChI=1S/C18H29NO2/c1-15-5-3-6-16(13-15)17(14-19-10-12-20-2)8-9-18-7-4-11-21-18/h3,5-6,13,17-19H,4,7-12,14H2,1-2H3. The van der Waals surface area contributed by atoms with Gasteiger partial charge >= 0.3 is 0 Å². The van der Waals surface area contributed by atoms with Crippen molar-refractivity contribution in [2.75, 3.05) is 33.4 Å². The van der Waals surface area contributed by atoms with E-state index in [1.807, 2.05) is 0 Å². The molecule has 2 atom stereocenters. The van der Waals surface area contributed by atoms with Crippen molar-refractivity contribution in [2.45, 2.75) is 44.6 Å². The number of rotatable bonds is 9. The molecule has 0 aliphatic carbocycles. The molecule has 0 aromatic heterocycles. The van der Waals surface area contributed by atoms with E-state index in [0.717, 1.165) is 26.3 Å². The number of aryl methyl sites for hydroxylation is 1. The summed E-state index contributed by atoms with van der Waals surface area (Å²) in [7, 11) is 1.75. The van der Waals surface area contributed by atoms with Crippen LogP contribution in [0, 0.1) is 6.92 Å². The molecular weight excluding hydrogens is 262 g/mol. The van der Waals surface area contributed by atoms with Crippen molar-refractivity contribution in [1.82, 2.24) is 5.32 Å². The second kappa shape index (κ2) is 9.19. The topological polar surface area (TPSA) is 30.5 Å². The van der Waals surface area contributed by atoms with Crippen LogP contribution in [0.1, 0.15) is 42.7 Å². The zero-order valence-corrected chi connectivity index (χ0v) is 13.4. The molecule has 0 amide bonds. The van der Waals surface area contributed by atoms with Gasteiger partial charge in [0.1, 0.15) is 0 Å². The van der Waals surface area contributed by atoms with E-state index in [2.05, 4.69) is 36.5 Å². The lowest BCUT2D eigenvalue weighted by atomic mass is 9.91. The van der Waals surface area contributed by atoms with E-state index in [4.69, 9.17) is 9.47 Å². The average Bonchev–Trinajstić information content (AvgIpc) is 3.00. The lowest BCUT2D eigenvalue weighted by Crippen LogP contribution is -2.26. The highest BCUT2D eigenvalue weighted by Crippen LogP contribution is 2.26. The van der Waals surface area contributed by atoms with E-state index in [1.54, 1.807) is 7.11 Å². The monoisotopic (exact) mass is 291 g/mol. The van der Waals surface area contributed by atoms with Gasteiger partial charge in [-0.05, 0) is 44.1 Å². The summed E-state index contributed by atoms with van der Waals surface area (Å²) >= 11 is 0. The summed E-state index contributed by atoms with van der Waals surface area (Å²) < 4.78 is 10.9. The lowest BCUT2D eigenvalue weighted by molar-refractivity contribution is 0.100. The zero-order chi connectivity index (χ0) is 14.9. The van der Waals surface area contributed by atoms with E-state index in [9.17, 15) is 0 Å². The van der Waals surface area contributed by atoms with Crippen LogP contribution in [0.25, 0.3) is 0 Å². The van der Waals surface area contributed by atoms with Gasteiger partial charge in [0, 0.05) is 26.8 Å². The van der Waals surface area contributed by atoms with Crippen molar-refractivity contribution in [3.05, 3.63) is 35.4 Å². The van der Waals surface area contributed by atoms with Crippen molar-refractivity contribution in [3.8, 4) is 0 Å². The lowest BCUT2D eigenvalue weighted by Gasteiger charge is -2.20. The van der Waals surface area contributed by atoms with Gasteiger partial charge in [0.05, 0.1) is 12.7 Å². The third-order valence-electron chi connectivity index (χ3n) is 4.25. The second-order valence-corrected chi connectivity index (χ2v) is 6.02. The van der Waals surface area contributed by atoms with Crippen LogP contribution < -0.4 is 5.32 Å². The first kappa shape index (κ1) is 16.5. The largest absolute Gasteiger partial charge is 0.383 e. The Balaban J connectivity index is 1.88. The molecule has 1 aromatic carbocycles. The maximum Gasteiger partial charge on any atom is 0.0587 e. The molecule has 1 N–H and O–H groups in total. The Bertz CT molecular complexity index is 402. The van der Waals surface area contributed by atoms with Gasteiger partial charge < -0.3 is 14.8 Å². The van der Waals surface area contributed by atoms with Crippen LogP contribution in [0.4, 0.5) is 0 Å². The highest BCUT2D eigenvalue weighted by atomic mass is 16.5. The predicted octanol–water partition coefficient (Wildman–Crippen LogP) is 3.27. The molecule has 2 unspecified atom stereocenters. The number of hydrogen-bond acceptors (Lipinski definition) is 3. The summed E-state index contributed by atoms with van der Waals surface area (Å²) in [4.78, 5) is 0. The van der Waals surface area contributed by atoms with E-state index in [0.29, 0.717) is 12.0 Å². The van der Waals surface area contributed by atoms with Crippen LogP contribution in [0.3, 0.4) is 0 Å². The molecule has 1 heterocycles. The Labute approximate surface area is 129 Å². The number of hydrogen-bond donors (Lipinski definition) is 1. The van der Waals surface area contributed by atoms with Crippen molar-refractivity contribution in [2.24, 2.45) is 0 Å². The molecule has 0 spiro atoms. The fourth-order valence-electron chi connectivity index (χ4n) is 3.02. The second-order valence-electron chi connectivity index (χ2n) is 6.02. The van der Waals surface area contributed by atoms with Crippen LogP contribution in [0.5, 0.6) is 0 Å². The summed E-state index contributed by atoms with van der Waals surface area (Å²) in [6, 6.07) is 8.90. The molecule has 1 aromatic rings. The molecule has 0 bridgehead atoms. The van der Waals surface area contributed by atoms with Gasteiger partial charge in [0.25, 0.3) is 0 Å². The van der Waals surface area contributed by atoms with Gasteiger partial charge in [-0.25, -0.2) is 0 Å². The van der Waals surface area contributed by atoms with Gasteiger partial charge in [-0.3, -0.25) is 0 Å². The van der Waals surface area contributed by atoms with E-state index in [-0.39, 0.29) is 0 Å². The highest BCUT2D eigenvalue weighted by molar-refractivity contribution is 5.25. The highest BCUT2D eigenvalue weighted by Gasteiger charge is 2.19. The Morgan fingerprint density at radius 3 is 3.05 bits per heavy atom. The molecule has 2 rings (SSSR count). The van der Waals surface area contributed by atoms with Gasteiger partial charge in [0.2, 0.25) is 0 Å². The zero-order valence-electron chi connectivity index (χ0n) is 13.4. The number of methoxy groups -OCH3 is 1. The van der Waals surface area contributed by atoms with Crippen molar-refractivity contribution < 1.29 is 9.47 Å². The minimum atomic E-state index is 0.483. The fourth-order valence-corrected chi connectivity index (χ4v) is 3.02. The van der Waals surface area contributed by atoms with Gasteiger partial charge in [-0.2, -0.15) is 0 Å². The molecule has 118 valence electrons. The summed E-state index contributed by atoms with van der Waals surface area (Å²) in [5.41, 5.74) is 2.78. The minimum absolute atomic E-state index is 0.483. The number of benzene rings is 1. The normalized spacial score (nSPS) is 19.8. The summed E-state index contributed by atoms with van der Waals surface area (Å²) in [5.74, 6) is 0.561. The molecule has 0 radical (unpaired) electrons. The van der Waals surface area contributed by atoms with E-state index >= 15 is 0 Å². The Morgan fingerprint density at radius 1 is 1.43 bits per heavy atom. The Hall–Kier alpha value is -0.900. The molecule has 1 aliphatic rings. The summed E-state index contributed by atoms with van der Waals surface area (Å²) in [6.45, 7) is 5.81. The summed E-state index contributed by atoms with van der Waals surface area (Å²) in [5, 5.41) is 3.51. The first-order valence-electron chi connectivity index (χ1n) is 8.17. The van der Waals surface area contributed by atoms with Crippen molar-refractivity contribution >= 4 is 0 Å². The SMILES string of the molecule is COCCNCC(CCC1CCCO1)c1cccc(C)c1. The Kier molecular flexibility index (Phi) is 7.20. The van der Waals surface area contributed by atoms with Crippen LogP contribution in [0.15, 0.2) is 24.3 Å². The predicted molar refractivity (Wildman–Crippen MR) is 86.9 cm³/mol. The van der Waals surface area contributed by atoms with Gasteiger partial charge in [-0.15, -0.1) is 0 Å². The van der Waals surface area contributed by atoms with E-state index in [1.165, 1.54) is 36.8 Å². The molecule has 1 saturated heterocycles. The van der Waals surface area contributed by atoms with Crippen molar-refractivity contribution in [3.63, 3.8) is 0 Å². The third-order valence-corrected chi connectivity index (χ3v) is 4.25. The minimum Gasteiger partial charge on any atom is -0.383 e. The third kappa shape index (κ3) is 5.77. The molecule has 1 fully saturated rings.